The molecule has 4 aliphatic heterocycles. The van der Waals surface area contributed by atoms with E-state index in [9.17, 15) is 24.9 Å². The standard InChI is InChI=1S/C32H47F2NO14/c1-12-44-10-21-27(48-12)25(36)28(37)32(40,49-21)31(33,34)30(39)35-24-15-8-18-17(46-11-47-18)7-14(15)22(23-16(24)9-45-29(23)38)13-5-19(41-2)26(43-4)20(6-13)42-3/h12-28,36-37,40H,5-11H2,1-4H3,(H,35,39)/t12?,13?,14?,15?,16-,17?,18?,19?,20?,21+,22+,23-,24+,25-,26?,27+,28+,32+/m0/s1. The van der Waals surface area contributed by atoms with Gasteiger partial charge in [-0.25, -0.2) is 0 Å². The van der Waals surface area contributed by atoms with E-state index in [0.29, 0.717) is 25.7 Å². The highest BCUT2D eigenvalue weighted by molar-refractivity contribution is 5.85. The summed E-state index contributed by atoms with van der Waals surface area (Å²) in [6.07, 6.45) is -7.86. The van der Waals surface area contributed by atoms with Gasteiger partial charge in [-0.15, -0.1) is 0 Å². The molecule has 0 aromatic rings. The second-order valence-electron chi connectivity index (χ2n) is 14.6. The van der Waals surface area contributed by atoms with Gasteiger partial charge in [0, 0.05) is 33.3 Å². The first-order chi connectivity index (χ1) is 23.3. The fourth-order valence-electron chi connectivity index (χ4n) is 10.1. The van der Waals surface area contributed by atoms with E-state index >= 15 is 8.78 Å². The Hall–Kier alpha value is -1.64. The fourth-order valence-corrected chi connectivity index (χ4v) is 10.1. The number of ether oxygens (including phenoxy) is 9. The van der Waals surface area contributed by atoms with E-state index in [1.165, 1.54) is 6.92 Å². The van der Waals surface area contributed by atoms with Crippen LogP contribution in [-0.4, -0.2) is 148 Å². The number of fused-ring (bicyclic) bond motifs is 4. The van der Waals surface area contributed by atoms with Crippen LogP contribution in [0.5, 0.6) is 0 Å². The molecular formula is C32H47F2NO14. The number of halogens is 2. The van der Waals surface area contributed by atoms with Crippen LogP contribution in [0.25, 0.3) is 0 Å². The van der Waals surface area contributed by atoms with Crippen molar-refractivity contribution < 1.29 is 76.3 Å². The molecule has 0 bridgehead atoms. The van der Waals surface area contributed by atoms with E-state index < -0.39 is 78.1 Å². The molecule has 0 aromatic heterocycles. The quantitative estimate of drug-likeness (QED) is 0.244. The van der Waals surface area contributed by atoms with E-state index in [-0.39, 0.29) is 68.3 Å². The number of aliphatic hydroxyl groups excluding tert-OH is 2. The number of alkyl halides is 2. The number of methoxy groups -OCH3 is 3. The van der Waals surface area contributed by atoms with Crippen LogP contribution in [0.3, 0.4) is 0 Å². The van der Waals surface area contributed by atoms with Crippen molar-refractivity contribution in [1.29, 1.82) is 0 Å². The summed E-state index contributed by atoms with van der Waals surface area (Å²) in [6, 6.07) is -1.00. The lowest BCUT2D eigenvalue weighted by molar-refractivity contribution is -0.425. The summed E-state index contributed by atoms with van der Waals surface area (Å²) in [5, 5.41) is 35.1. The maximum absolute atomic E-state index is 16.2. The van der Waals surface area contributed by atoms with Crippen molar-refractivity contribution in [2.45, 2.75) is 112 Å². The number of nitrogens with one attached hydrogen (secondary N) is 1. The number of hydrogen-bond donors (Lipinski definition) is 4. The van der Waals surface area contributed by atoms with Crippen molar-refractivity contribution in [3.63, 3.8) is 0 Å². The highest BCUT2D eigenvalue weighted by Crippen LogP contribution is 2.57. The number of amides is 1. The van der Waals surface area contributed by atoms with Crippen LogP contribution in [0.2, 0.25) is 0 Å². The molecule has 7 aliphatic rings. The van der Waals surface area contributed by atoms with Crippen molar-refractivity contribution in [3.8, 4) is 0 Å². The molecule has 0 aromatic carbocycles. The van der Waals surface area contributed by atoms with Crippen molar-refractivity contribution in [1.82, 2.24) is 5.32 Å². The van der Waals surface area contributed by atoms with Crippen LogP contribution < -0.4 is 5.32 Å². The van der Waals surface area contributed by atoms with E-state index in [1.807, 2.05) is 0 Å². The topological polar surface area (TPSA) is 190 Å². The number of carbonyl (C=O) groups is 2. The molecule has 7 rings (SSSR count). The molecule has 4 N–H and O–H groups in total. The average molecular weight is 708 g/mol. The van der Waals surface area contributed by atoms with Gasteiger partial charge in [-0.3, -0.25) is 9.59 Å². The Bertz CT molecular complexity index is 1230. The van der Waals surface area contributed by atoms with Crippen LogP contribution in [0.4, 0.5) is 8.78 Å². The van der Waals surface area contributed by atoms with Gasteiger partial charge in [-0.1, -0.05) is 0 Å². The lowest BCUT2D eigenvalue weighted by Crippen LogP contribution is -2.76. The van der Waals surface area contributed by atoms with Gasteiger partial charge >= 0.3 is 11.9 Å². The Morgan fingerprint density at radius 2 is 1.57 bits per heavy atom. The van der Waals surface area contributed by atoms with Crippen LogP contribution >= 0.6 is 0 Å². The molecule has 7 fully saturated rings. The molecule has 0 spiro atoms. The first-order valence-corrected chi connectivity index (χ1v) is 17.0. The highest BCUT2D eigenvalue weighted by atomic mass is 19.3. The molecule has 3 saturated carbocycles. The highest BCUT2D eigenvalue weighted by Gasteiger charge is 2.71. The second kappa shape index (κ2) is 13.4. The maximum atomic E-state index is 16.2. The van der Waals surface area contributed by atoms with Crippen LogP contribution in [-0.2, 0) is 52.2 Å². The lowest BCUT2D eigenvalue weighted by atomic mass is 9.51. The van der Waals surface area contributed by atoms with E-state index in [2.05, 4.69) is 5.32 Å². The smallest absolute Gasteiger partial charge is 0.379 e. The van der Waals surface area contributed by atoms with Crippen LogP contribution in [0.15, 0.2) is 0 Å². The van der Waals surface area contributed by atoms with Crippen LogP contribution in [0.1, 0.15) is 32.6 Å². The summed E-state index contributed by atoms with van der Waals surface area (Å²) in [5.41, 5.74) is 0. The Morgan fingerprint density at radius 1 is 0.918 bits per heavy atom. The minimum atomic E-state index is -4.77. The molecule has 278 valence electrons. The Balaban J connectivity index is 1.19. The number of carbonyl (C=O) groups excluding carboxylic acids is 2. The second-order valence-corrected chi connectivity index (χ2v) is 14.6. The van der Waals surface area contributed by atoms with E-state index in [0.717, 1.165) is 0 Å². The van der Waals surface area contributed by atoms with E-state index in [1.54, 1.807) is 21.3 Å². The third kappa shape index (κ3) is 5.71. The van der Waals surface area contributed by atoms with Gasteiger partial charge < -0.3 is 63.3 Å². The molecule has 4 heterocycles. The Morgan fingerprint density at radius 3 is 2.20 bits per heavy atom. The molecule has 1 amide bonds. The van der Waals surface area contributed by atoms with Crippen molar-refractivity contribution in [3.05, 3.63) is 0 Å². The monoisotopic (exact) mass is 707 g/mol. The number of hydrogen-bond acceptors (Lipinski definition) is 14. The SMILES string of the molecule is COC1CC([C@@H]2C3CC4OCOC4CC3[C@@H](NC(=O)C(F)(F)[C@]3(O)O[C@@H]4COC(C)O[C@H]4[C@H](O)[C@H]3O)[C@H]3COC(=O)[C@H]23)CC(OC)C1OC. The third-order valence-electron chi connectivity index (χ3n) is 12.4. The van der Waals surface area contributed by atoms with Crippen molar-refractivity contribution in [2.75, 3.05) is 41.3 Å². The normalized spacial score (nSPS) is 51.2. The van der Waals surface area contributed by atoms with Gasteiger partial charge in [-0.05, 0) is 56.3 Å². The first kappa shape index (κ1) is 35.7. The molecule has 7 unspecified atom stereocenters. The molecule has 0 radical (unpaired) electrons. The number of aliphatic hydroxyl groups is 3. The maximum Gasteiger partial charge on any atom is 0.379 e. The summed E-state index contributed by atoms with van der Waals surface area (Å²) < 4.78 is 83.1. The Kier molecular flexibility index (Phi) is 9.78. The molecule has 16 atom stereocenters. The van der Waals surface area contributed by atoms with Crippen LogP contribution in [0, 0.1) is 35.5 Å². The zero-order valence-electron chi connectivity index (χ0n) is 27.9. The third-order valence-corrected chi connectivity index (χ3v) is 12.4. The van der Waals surface area contributed by atoms with Crippen molar-refractivity contribution in [2.24, 2.45) is 35.5 Å². The summed E-state index contributed by atoms with van der Waals surface area (Å²) in [7, 11) is 4.78. The molecular weight excluding hydrogens is 660 g/mol. The number of rotatable bonds is 7. The molecule has 4 saturated heterocycles. The lowest BCUT2D eigenvalue weighted by Gasteiger charge is -2.56. The van der Waals surface area contributed by atoms with Crippen molar-refractivity contribution >= 4 is 11.9 Å². The van der Waals surface area contributed by atoms with Gasteiger partial charge in [0.05, 0.1) is 43.5 Å². The molecule has 3 aliphatic carbocycles. The summed E-state index contributed by atoms with van der Waals surface area (Å²) in [4.78, 5) is 27.3. The zero-order valence-corrected chi connectivity index (χ0v) is 27.9. The summed E-state index contributed by atoms with van der Waals surface area (Å²) >= 11 is 0. The largest absolute Gasteiger partial charge is 0.465 e. The van der Waals surface area contributed by atoms with Gasteiger partial charge in [-0.2, -0.15) is 8.78 Å². The molecule has 49 heavy (non-hydrogen) atoms. The van der Waals surface area contributed by atoms with Gasteiger partial charge in [0.2, 0.25) is 0 Å². The minimum Gasteiger partial charge on any atom is -0.465 e. The Labute approximate surface area is 282 Å². The summed E-state index contributed by atoms with van der Waals surface area (Å²) in [5.74, 6) is -13.6. The summed E-state index contributed by atoms with van der Waals surface area (Å²) in [6.45, 7) is 1.13. The van der Waals surface area contributed by atoms with E-state index in [4.69, 9.17) is 42.6 Å². The zero-order chi connectivity index (χ0) is 35.0. The average Bonchev–Trinajstić information content (AvgIpc) is 3.72. The first-order valence-electron chi connectivity index (χ1n) is 17.0. The predicted octanol–water partition coefficient (Wildman–Crippen LogP) is -0.681. The number of cyclic esters (lactones) is 1. The van der Waals surface area contributed by atoms with Gasteiger partial charge in [0.25, 0.3) is 11.7 Å². The van der Waals surface area contributed by atoms with Gasteiger partial charge in [0.15, 0.2) is 6.29 Å². The molecule has 15 nitrogen and oxygen atoms in total. The predicted molar refractivity (Wildman–Crippen MR) is 156 cm³/mol. The number of esters is 1. The van der Waals surface area contributed by atoms with Gasteiger partial charge in [0.1, 0.15) is 37.3 Å². The fraction of sp³-hybridized carbons (Fsp3) is 0.938. The minimum absolute atomic E-state index is 0.0683. The molecule has 17 heteroatoms.